The highest BCUT2D eigenvalue weighted by atomic mass is 31.2. The Hall–Kier alpha value is -0.0900. The van der Waals surface area contributed by atoms with Crippen molar-refractivity contribution in [1.82, 2.24) is 0 Å². The van der Waals surface area contributed by atoms with Crippen LogP contribution in [0.4, 0.5) is 0 Å². The van der Waals surface area contributed by atoms with Crippen molar-refractivity contribution in [2.75, 3.05) is 0 Å². The average Bonchev–Trinajstić information content (AvgIpc) is 2.17. The molecule has 0 spiro atoms. The molecule has 1 rings (SSSR count). The lowest BCUT2D eigenvalue weighted by atomic mass is 9.85. The summed E-state index contributed by atoms with van der Waals surface area (Å²) in [5.74, 6) is 0. The highest BCUT2D eigenvalue weighted by molar-refractivity contribution is 7.46. The summed E-state index contributed by atoms with van der Waals surface area (Å²) in [7, 11) is -5.01. The van der Waals surface area contributed by atoms with E-state index >= 15 is 0 Å². The van der Waals surface area contributed by atoms with Gasteiger partial charge in [-0.05, 0) is 0 Å². The number of phosphoric acid groups is 1. The fourth-order valence-corrected chi connectivity index (χ4v) is 2.05. The molecule has 0 aliphatic heterocycles. The van der Waals surface area contributed by atoms with Gasteiger partial charge in [0.25, 0.3) is 0 Å². The molecule has 1 fully saturated rings. The third kappa shape index (κ3) is 2.77. The molecule has 0 heterocycles. The van der Waals surface area contributed by atoms with E-state index in [4.69, 9.17) is 14.9 Å². The maximum absolute atomic E-state index is 10.5. The molecule has 0 saturated heterocycles. The van der Waals surface area contributed by atoms with Crippen LogP contribution in [0.1, 0.15) is 0 Å². The van der Waals surface area contributed by atoms with E-state index in [9.17, 15) is 25.0 Å². The molecule has 0 aromatic rings. The fraction of sp³-hybridized carbons (Fsp3) is 1.00. The molecule has 1 saturated carbocycles. The Morgan fingerprint density at radius 2 is 1.06 bits per heavy atom. The van der Waals surface area contributed by atoms with Crippen molar-refractivity contribution in [1.29, 1.82) is 0 Å². The van der Waals surface area contributed by atoms with Crippen LogP contribution in [0.25, 0.3) is 0 Å². The largest absolute Gasteiger partial charge is 0.470 e. The first-order valence-corrected chi connectivity index (χ1v) is 5.82. The Labute approximate surface area is 89.8 Å². The maximum atomic E-state index is 10.5. The molecule has 6 atom stereocenters. The highest BCUT2D eigenvalue weighted by Crippen LogP contribution is 2.41. The van der Waals surface area contributed by atoms with Gasteiger partial charge in [0.2, 0.25) is 0 Å². The van der Waals surface area contributed by atoms with Gasteiger partial charge in [0.15, 0.2) is 0 Å². The van der Waals surface area contributed by atoms with Gasteiger partial charge in [-0.1, -0.05) is 0 Å². The smallest absolute Gasteiger partial charge is 0.387 e. The predicted octanol–water partition coefficient (Wildman–Crippen LogP) is -3.72. The van der Waals surface area contributed by atoms with Crippen molar-refractivity contribution in [3.63, 3.8) is 0 Å². The van der Waals surface area contributed by atoms with Gasteiger partial charge in [0, 0.05) is 0 Å². The lowest BCUT2D eigenvalue weighted by Gasteiger charge is -2.41. The summed E-state index contributed by atoms with van der Waals surface area (Å²) in [6.07, 6.45) is -11.3. The van der Waals surface area contributed by atoms with Gasteiger partial charge in [-0.2, -0.15) is 0 Å². The number of aliphatic hydroxyl groups is 5. The topological polar surface area (TPSA) is 168 Å². The Bertz CT molecular complexity index is 274. The van der Waals surface area contributed by atoms with E-state index in [0.717, 1.165) is 0 Å². The molecule has 10 heteroatoms. The molecule has 1 aliphatic rings. The zero-order chi connectivity index (χ0) is 12.7. The second-order valence-electron chi connectivity index (χ2n) is 3.51. The molecule has 96 valence electrons. The van der Waals surface area contributed by atoms with Crippen molar-refractivity contribution in [3.05, 3.63) is 0 Å². The molecule has 0 radical (unpaired) electrons. The van der Waals surface area contributed by atoms with Crippen LogP contribution in [-0.4, -0.2) is 71.9 Å². The van der Waals surface area contributed by atoms with Crippen molar-refractivity contribution < 1.29 is 44.4 Å². The van der Waals surface area contributed by atoms with E-state index in [0.29, 0.717) is 0 Å². The first-order valence-electron chi connectivity index (χ1n) is 4.29. The van der Waals surface area contributed by atoms with Crippen LogP contribution in [0.2, 0.25) is 0 Å². The number of hydrogen-bond donors (Lipinski definition) is 7. The van der Waals surface area contributed by atoms with Crippen molar-refractivity contribution in [3.8, 4) is 0 Å². The van der Waals surface area contributed by atoms with Gasteiger partial charge in [-0.3, -0.25) is 4.52 Å². The van der Waals surface area contributed by atoms with Crippen molar-refractivity contribution in [2.24, 2.45) is 0 Å². The van der Waals surface area contributed by atoms with Crippen LogP contribution < -0.4 is 0 Å². The third-order valence-electron chi connectivity index (χ3n) is 2.33. The molecule has 0 amide bonds. The normalized spacial score (nSPS) is 45.7. The summed E-state index contributed by atoms with van der Waals surface area (Å²) < 4.78 is 14.5. The zero-order valence-corrected chi connectivity index (χ0v) is 8.75. The first-order chi connectivity index (χ1) is 7.15. The molecule has 1 aliphatic carbocycles. The van der Waals surface area contributed by atoms with Crippen LogP contribution in [0.5, 0.6) is 0 Å². The minimum atomic E-state index is -5.01. The van der Waals surface area contributed by atoms with E-state index in [2.05, 4.69) is 4.52 Å². The SMILES string of the molecule is O=P(O)(O)O[C@H]1[C@H](O)[C@H](O)[C@H](O)[C@@H](O)[C@@H]1O. The molecule has 0 aromatic heterocycles. The van der Waals surface area contributed by atoms with Crippen molar-refractivity contribution in [2.45, 2.75) is 36.6 Å². The molecule has 9 nitrogen and oxygen atoms in total. The zero-order valence-electron chi connectivity index (χ0n) is 7.86. The highest BCUT2D eigenvalue weighted by Gasteiger charge is 2.50. The second-order valence-corrected chi connectivity index (χ2v) is 4.71. The van der Waals surface area contributed by atoms with Gasteiger partial charge in [-0.15, -0.1) is 0 Å². The monoisotopic (exact) mass is 260 g/mol. The van der Waals surface area contributed by atoms with E-state index in [1.54, 1.807) is 0 Å². The van der Waals surface area contributed by atoms with Crippen LogP contribution in [0, 0.1) is 0 Å². The Morgan fingerprint density at radius 1 is 0.750 bits per heavy atom. The van der Waals surface area contributed by atoms with Gasteiger partial charge in [-0.25, -0.2) is 4.57 Å². The van der Waals surface area contributed by atoms with Crippen LogP contribution in [-0.2, 0) is 9.09 Å². The molecular weight excluding hydrogens is 247 g/mol. The van der Waals surface area contributed by atoms with E-state index in [1.165, 1.54) is 0 Å². The van der Waals surface area contributed by atoms with Gasteiger partial charge >= 0.3 is 7.82 Å². The number of hydrogen-bond acceptors (Lipinski definition) is 7. The number of aliphatic hydroxyl groups excluding tert-OH is 5. The van der Waals surface area contributed by atoms with Gasteiger partial charge in [0.05, 0.1) is 0 Å². The summed E-state index contributed by atoms with van der Waals surface area (Å²) >= 11 is 0. The summed E-state index contributed by atoms with van der Waals surface area (Å²) in [6.45, 7) is 0. The van der Waals surface area contributed by atoms with E-state index in [-0.39, 0.29) is 0 Å². The first kappa shape index (κ1) is 14.0. The van der Waals surface area contributed by atoms with Crippen molar-refractivity contribution >= 4 is 7.82 Å². The van der Waals surface area contributed by atoms with E-state index in [1.807, 2.05) is 0 Å². The molecule has 0 bridgehead atoms. The van der Waals surface area contributed by atoms with Crippen LogP contribution in [0.3, 0.4) is 0 Å². The minimum absolute atomic E-state index is 1.83. The summed E-state index contributed by atoms with van der Waals surface area (Å²) in [6, 6.07) is 0. The maximum Gasteiger partial charge on any atom is 0.470 e. The Kier molecular flexibility index (Phi) is 4.06. The summed E-state index contributed by atoms with van der Waals surface area (Å²) in [4.78, 5) is 17.0. The predicted molar refractivity (Wildman–Crippen MR) is 47.0 cm³/mol. The fourth-order valence-electron chi connectivity index (χ4n) is 1.48. The van der Waals surface area contributed by atoms with Crippen LogP contribution >= 0.6 is 7.82 Å². The lowest BCUT2D eigenvalue weighted by Crippen LogP contribution is -2.64. The summed E-state index contributed by atoms with van der Waals surface area (Å²) in [5.41, 5.74) is 0. The molecule has 0 unspecified atom stereocenters. The van der Waals surface area contributed by atoms with Gasteiger partial charge in [0.1, 0.15) is 36.6 Å². The average molecular weight is 260 g/mol. The van der Waals surface area contributed by atoms with Crippen LogP contribution in [0.15, 0.2) is 0 Å². The molecule has 0 aromatic carbocycles. The Balaban J connectivity index is 2.87. The molecular formula is C6H13O9P. The molecule has 16 heavy (non-hydrogen) atoms. The molecule has 7 N–H and O–H groups in total. The van der Waals surface area contributed by atoms with Gasteiger partial charge < -0.3 is 35.3 Å². The Morgan fingerprint density at radius 3 is 1.38 bits per heavy atom. The second kappa shape index (κ2) is 4.65. The third-order valence-corrected chi connectivity index (χ3v) is 2.85. The minimum Gasteiger partial charge on any atom is -0.387 e. The summed E-state index contributed by atoms with van der Waals surface area (Å²) in [5, 5.41) is 46.1. The van der Waals surface area contributed by atoms with E-state index < -0.39 is 44.4 Å². The quantitative estimate of drug-likeness (QED) is 0.247. The number of phosphoric ester groups is 1. The lowest BCUT2D eigenvalue weighted by molar-refractivity contribution is -0.219. The standard InChI is InChI=1S/C6H13O9P/c7-1-2(8)4(10)6(5(11)3(1)9)15-16(12,13)14/h1-11H,(H2,12,13,14)/t1-,2-,3-,4+,5-,6-/m1/s1. The number of rotatable bonds is 2.